The molecule has 0 aliphatic heterocycles. The summed E-state index contributed by atoms with van der Waals surface area (Å²) >= 11 is 3.36. The zero-order chi connectivity index (χ0) is 15.2. The standard InChI is InChI=1S/C18H22BrNO/c1-13(2)11-17(14-7-4-3-5-8-14)20-12-15-9-6-10-16(19)18(15)21/h3-10,13,17,20-21H,11-12H2,1-2H3. The highest BCUT2D eigenvalue weighted by Crippen LogP contribution is 2.28. The fraction of sp³-hybridized carbons (Fsp3) is 0.333. The number of nitrogens with one attached hydrogen (secondary N) is 1. The third kappa shape index (κ3) is 4.58. The molecule has 2 nitrogen and oxygen atoms in total. The molecule has 0 saturated heterocycles. The molecule has 0 aliphatic carbocycles. The monoisotopic (exact) mass is 347 g/mol. The third-order valence-corrected chi connectivity index (χ3v) is 4.16. The quantitative estimate of drug-likeness (QED) is 0.767. The molecule has 2 rings (SSSR count). The van der Waals surface area contributed by atoms with E-state index in [0.717, 1.165) is 16.5 Å². The largest absolute Gasteiger partial charge is 0.506 e. The molecule has 0 aliphatic rings. The number of aromatic hydroxyl groups is 1. The molecule has 0 aromatic heterocycles. The molecule has 2 aromatic carbocycles. The summed E-state index contributed by atoms with van der Waals surface area (Å²) in [6.07, 6.45) is 1.07. The molecule has 2 aromatic rings. The van der Waals surface area contributed by atoms with E-state index in [1.54, 1.807) is 0 Å². The van der Waals surface area contributed by atoms with E-state index in [1.165, 1.54) is 5.56 Å². The average molecular weight is 348 g/mol. The van der Waals surface area contributed by atoms with Gasteiger partial charge in [-0.15, -0.1) is 0 Å². The second-order valence-corrected chi connectivity index (χ2v) is 6.58. The molecule has 3 heteroatoms. The van der Waals surface area contributed by atoms with E-state index in [0.29, 0.717) is 24.3 Å². The summed E-state index contributed by atoms with van der Waals surface area (Å²) in [5.41, 5.74) is 2.20. The van der Waals surface area contributed by atoms with Gasteiger partial charge in [-0.25, -0.2) is 0 Å². The first-order chi connectivity index (χ1) is 10.1. The van der Waals surface area contributed by atoms with Crippen LogP contribution in [0.5, 0.6) is 5.75 Å². The minimum Gasteiger partial charge on any atom is -0.506 e. The Morgan fingerprint density at radius 1 is 1.05 bits per heavy atom. The third-order valence-electron chi connectivity index (χ3n) is 3.52. The summed E-state index contributed by atoms with van der Waals surface area (Å²) < 4.78 is 0.738. The maximum atomic E-state index is 10.1. The Kier molecular flexibility index (Phi) is 5.83. The summed E-state index contributed by atoms with van der Waals surface area (Å²) in [4.78, 5) is 0. The summed E-state index contributed by atoms with van der Waals surface area (Å²) in [5, 5.41) is 13.6. The van der Waals surface area contributed by atoms with E-state index >= 15 is 0 Å². The van der Waals surface area contributed by atoms with Crippen LogP contribution in [0.4, 0.5) is 0 Å². The van der Waals surface area contributed by atoms with Gasteiger partial charge in [-0.3, -0.25) is 0 Å². The fourth-order valence-corrected chi connectivity index (χ4v) is 2.84. The van der Waals surface area contributed by atoms with Gasteiger partial charge in [0, 0.05) is 18.2 Å². The zero-order valence-corrected chi connectivity index (χ0v) is 14.1. The van der Waals surface area contributed by atoms with Gasteiger partial charge < -0.3 is 10.4 Å². The van der Waals surface area contributed by atoms with Crippen LogP contribution in [0.15, 0.2) is 53.0 Å². The van der Waals surface area contributed by atoms with Crippen LogP contribution in [0.1, 0.15) is 37.4 Å². The Balaban J connectivity index is 2.11. The summed E-state index contributed by atoms with van der Waals surface area (Å²) in [6, 6.07) is 16.5. The normalized spacial score (nSPS) is 12.6. The van der Waals surface area contributed by atoms with Crippen LogP contribution in [-0.2, 0) is 6.54 Å². The van der Waals surface area contributed by atoms with Gasteiger partial charge in [-0.1, -0.05) is 56.3 Å². The van der Waals surface area contributed by atoms with Crippen LogP contribution >= 0.6 is 15.9 Å². The maximum absolute atomic E-state index is 10.1. The lowest BCUT2D eigenvalue weighted by atomic mass is 9.97. The van der Waals surface area contributed by atoms with Gasteiger partial charge in [0.05, 0.1) is 4.47 Å². The van der Waals surface area contributed by atoms with Crippen molar-refractivity contribution >= 4 is 15.9 Å². The molecule has 0 spiro atoms. The van der Waals surface area contributed by atoms with Gasteiger partial charge in [0.15, 0.2) is 0 Å². The number of phenolic OH excluding ortho intramolecular Hbond substituents is 1. The Morgan fingerprint density at radius 2 is 1.76 bits per heavy atom. The van der Waals surface area contributed by atoms with Gasteiger partial charge in [-0.05, 0) is 39.9 Å². The van der Waals surface area contributed by atoms with E-state index in [2.05, 4.69) is 59.4 Å². The van der Waals surface area contributed by atoms with E-state index in [1.807, 2.05) is 24.3 Å². The second-order valence-electron chi connectivity index (χ2n) is 5.72. The molecule has 21 heavy (non-hydrogen) atoms. The molecular formula is C18H22BrNO. The van der Waals surface area contributed by atoms with Crippen LogP contribution in [0.2, 0.25) is 0 Å². The number of halogens is 1. The van der Waals surface area contributed by atoms with Crippen LogP contribution in [0.3, 0.4) is 0 Å². The maximum Gasteiger partial charge on any atom is 0.134 e. The minimum absolute atomic E-state index is 0.296. The Morgan fingerprint density at radius 3 is 2.43 bits per heavy atom. The number of hydrogen-bond donors (Lipinski definition) is 2. The number of hydrogen-bond acceptors (Lipinski definition) is 2. The molecular weight excluding hydrogens is 326 g/mol. The van der Waals surface area contributed by atoms with Crippen molar-refractivity contribution in [1.29, 1.82) is 0 Å². The van der Waals surface area contributed by atoms with E-state index in [-0.39, 0.29) is 0 Å². The van der Waals surface area contributed by atoms with Crippen LogP contribution in [-0.4, -0.2) is 5.11 Å². The molecule has 1 atom stereocenters. The molecule has 0 heterocycles. The highest BCUT2D eigenvalue weighted by molar-refractivity contribution is 9.10. The lowest BCUT2D eigenvalue weighted by molar-refractivity contribution is 0.418. The molecule has 1 unspecified atom stereocenters. The average Bonchev–Trinajstić information content (AvgIpc) is 2.48. The van der Waals surface area contributed by atoms with Gasteiger partial charge in [0.1, 0.15) is 5.75 Å². The Labute approximate surface area is 135 Å². The van der Waals surface area contributed by atoms with Gasteiger partial charge in [0.25, 0.3) is 0 Å². The van der Waals surface area contributed by atoms with Crippen molar-refractivity contribution in [3.63, 3.8) is 0 Å². The lowest BCUT2D eigenvalue weighted by Gasteiger charge is -2.21. The highest BCUT2D eigenvalue weighted by Gasteiger charge is 2.14. The Bertz CT molecular complexity index is 569. The second kappa shape index (κ2) is 7.62. The minimum atomic E-state index is 0.296. The summed E-state index contributed by atoms with van der Waals surface area (Å²) in [7, 11) is 0. The zero-order valence-electron chi connectivity index (χ0n) is 12.5. The van der Waals surface area contributed by atoms with Crippen LogP contribution in [0.25, 0.3) is 0 Å². The van der Waals surface area contributed by atoms with Crippen molar-refractivity contribution in [1.82, 2.24) is 5.32 Å². The van der Waals surface area contributed by atoms with Gasteiger partial charge in [-0.2, -0.15) is 0 Å². The lowest BCUT2D eigenvalue weighted by Crippen LogP contribution is -2.22. The SMILES string of the molecule is CC(C)CC(NCc1cccc(Br)c1O)c1ccccc1. The molecule has 0 amide bonds. The topological polar surface area (TPSA) is 32.3 Å². The smallest absolute Gasteiger partial charge is 0.134 e. The van der Waals surface area contributed by atoms with Crippen molar-refractivity contribution in [2.24, 2.45) is 5.92 Å². The summed E-state index contributed by atoms with van der Waals surface area (Å²) in [6.45, 7) is 5.11. The highest BCUT2D eigenvalue weighted by atomic mass is 79.9. The van der Waals surface area contributed by atoms with Crippen molar-refractivity contribution < 1.29 is 5.11 Å². The van der Waals surface area contributed by atoms with Crippen molar-refractivity contribution in [3.05, 3.63) is 64.1 Å². The van der Waals surface area contributed by atoms with E-state index in [4.69, 9.17) is 0 Å². The predicted molar refractivity (Wildman–Crippen MR) is 91.3 cm³/mol. The molecule has 0 fully saturated rings. The molecule has 0 radical (unpaired) electrons. The first-order valence-electron chi connectivity index (χ1n) is 7.32. The number of phenols is 1. The van der Waals surface area contributed by atoms with E-state index < -0.39 is 0 Å². The first-order valence-corrected chi connectivity index (χ1v) is 8.12. The van der Waals surface area contributed by atoms with Crippen LogP contribution in [0, 0.1) is 5.92 Å². The van der Waals surface area contributed by atoms with Gasteiger partial charge in [0.2, 0.25) is 0 Å². The van der Waals surface area contributed by atoms with Crippen LogP contribution < -0.4 is 5.32 Å². The summed E-state index contributed by atoms with van der Waals surface area (Å²) in [5.74, 6) is 0.931. The molecule has 112 valence electrons. The van der Waals surface area contributed by atoms with Crippen molar-refractivity contribution in [3.8, 4) is 5.75 Å². The number of rotatable bonds is 6. The molecule has 0 saturated carbocycles. The van der Waals surface area contributed by atoms with E-state index in [9.17, 15) is 5.11 Å². The first kappa shape index (κ1) is 16.1. The number of para-hydroxylation sites is 1. The molecule has 2 N–H and O–H groups in total. The molecule has 0 bridgehead atoms. The number of benzene rings is 2. The fourth-order valence-electron chi connectivity index (χ4n) is 2.43. The van der Waals surface area contributed by atoms with Crippen molar-refractivity contribution in [2.45, 2.75) is 32.9 Å². The predicted octanol–water partition coefficient (Wildman–Crippen LogP) is 5.03. The Hall–Kier alpha value is -1.32. The van der Waals surface area contributed by atoms with Crippen molar-refractivity contribution in [2.75, 3.05) is 0 Å². The van der Waals surface area contributed by atoms with Gasteiger partial charge >= 0.3 is 0 Å².